The Morgan fingerprint density at radius 1 is 1.05 bits per heavy atom. The van der Waals surface area contributed by atoms with Crippen molar-refractivity contribution in [3.63, 3.8) is 0 Å². The molecule has 1 fully saturated rings. The number of hydrogen-bond donors (Lipinski definition) is 0. The van der Waals surface area contributed by atoms with Crippen molar-refractivity contribution in [1.82, 2.24) is 9.47 Å². The van der Waals surface area contributed by atoms with Crippen molar-refractivity contribution in [2.75, 3.05) is 13.7 Å². The molecule has 0 saturated carbocycles. The largest absolute Gasteiger partial charge is 0.465 e. The molecule has 6 nitrogen and oxygen atoms in total. The second-order valence-electron chi connectivity index (χ2n) is 8.95. The Kier molecular flexibility index (Phi) is 7.84. The summed E-state index contributed by atoms with van der Waals surface area (Å²) in [5, 5.41) is 2.65. The first-order chi connectivity index (χ1) is 18.8. The summed E-state index contributed by atoms with van der Waals surface area (Å²) in [7, 11) is 1.34. The number of esters is 1. The highest BCUT2D eigenvalue weighted by molar-refractivity contribution is 8.18. The molecule has 1 aliphatic heterocycles. The Labute approximate surface area is 240 Å². The number of amides is 1. The van der Waals surface area contributed by atoms with E-state index in [1.54, 1.807) is 35.2 Å². The van der Waals surface area contributed by atoms with Crippen LogP contribution in [0.4, 0.5) is 5.69 Å². The second kappa shape index (κ2) is 11.3. The van der Waals surface area contributed by atoms with Crippen molar-refractivity contribution in [1.29, 1.82) is 0 Å². The molecule has 1 aromatic heterocycles. The molecule has 1 saturated heterocycles. The molecule has 198 valence electrons. The molecule has 0 radical (unpaired) electrons. The van der Waals surface area contributed by atoms with Gasteiger partial charge in [-0.25, -0.2) is 9.79 Å². The zero-order valence-electron chi connectivity index (χ0n) is 21.6. The summed E-state index contributed by atoms with van der Waals surface area (Å²) in [5.74, 6) is -0.543. The monoisotopic (exact) mass is 577 g/mol. The van der Waals surface area contributed by atoms with E-state index in [1.165, 1.54) is 18.9 Å². The van der Waals surface area contributed by atoms with Crippen molar-refractivity contribution < 1.29 is 14.3 Å². The number of para-hydroxylation sites is 1. The minimum absolute atomic E-state index is 0.105. The highest BCUT2D eigenvalue weighted by atomic mass is 35.5. The van der Waals surface area contributed by atoms with Crippen molar-refractivity contribution in [3.05, 3.63) is 104 Å². The van der Waals surface area contributed by atoms with Gasteiger partial charge in [0, 0.05) is 35.2 Å². The number of ether oxygens (including phenoxy) is 1. The molecule has 1 aliphatic rings. The van der Waals surface area contributed by atoms with Gasteiger partial charge in [0.05, 0.1) is 33.3 Å². The van der Waals surface area contributed by atoms with E-state index in [4.69, 9.17) is 32.9 Å². The third-order valence-electron chi connectivity index (χ3n) is 6.58. The summed E-state index contributed by atoms with van der Waals surface area (Å²) in [6.07, 6.45) is 1.95. The van der Waals surface area contributed by atoms with Gasteiger partial charge in [0.1, 0.15) is 0 Å². The Balaban J connectivity index is 1.54. The highest BCUT2D eigenvalue weighted by Crippen LogP contribution is 2.37. The third-order valence-corrected chi connectivity index (χ3v) is 8.32. The Hall–Kier alpha value is -3.52. The average molecular weight is 579 g/mol. The molecule has 3 aromatic carbocycles. The van der Waals surface area contributed by atoms with E-state index >= 15 is 0 Å². The number of methoxy groups -OCH3 is 1. The molecule has 4 aromatic rings. The molecule has 0 atom stereocenters. The molecule has 5 rings (SSSR count). The number of aliphatic imine (C=N–C) groups is 1. The van der Waals surface area contributed by atoms with E-state index in [0.29, 0.717) is 44.5 Å². The molecular weight excluding hydrogens is 553 g/mol. The number of halogens is 2. The maximum atomic E-state index is 13.4. The highest BCUT2D eigenvalue weighted by Gasteiger charge is 2.33. The molecule has 9 heteroatoms. The minimum Gasteiger partial charge on any atom is -0.465 e. The van der Waals surface area contributed by atoms with Crippen LogP contribution in [0.2, 0.25) is 10.0 Å². The Bertz CT molecular complexity index is 1680. The first-order valence-electron chi connectivity index (χ1n) is 12.3. The van der Waals surface area contributed by atoms with Gasteiger partial charge < -0.3 is 9.30 Å². The van der Waals surface area contributed by atoms with Crippen molar-refractivity contribution in [2.45, 2.75) is 20.4 Å². The molecule has 1 amide bonds. The lowest BCUT2D eigenvalue weighted by atomic mass is 10.1. The molecule has 0 aliphatic carbocycles. The van der Waals surface area contributed by atoms with Gasteiger partial charge in [-0.3, -0.25) is 9.69 Å². The maximum absolute atomic E-state index is 13.4. The zero-order valence-corrected chi connectivity index (χ0v) is 23.9. The molecule has 2 heterocycles. The van der Waals surface area contributed by atoms with E-state index in [-0.39, 0.29) is 5.91 Å². The molecule has 0 bridgehead atoms. The summed E-state index contributed by atoms with van der Waals surface area (Å²) < 4.78 is 7.04. The Morgan fingerprint density at radius 2 is 1.85 bits per heavy atom. The van der Waals surface area contributed by atoms with Gasteiger partial charge in [0.2, 0.25) is 0 Å². The normalized spacial score (nSPS) is 15.6. The SMILES string of the molecule is CCN1C(=O)C(=Cc2c(C)n(Cc3ccc(Cl)c(Cl)c3)c3ccccc23)SC1=Nc1cccc(C(=O)OC)c1. The maximum Gasteiger partial charge on any atom is 0.337 e. The van der Waals surface area contributed by atoms with Gasteiger partial charge in [-0.2, -0.15) is 0 Å². The number of benzene rings is 3. The number of thioether (sulfide) groups is 1. The lowest BCUT2D eigenvalue weighted by Crippen LogP contribution is -2.28. The fraction of sp³-hybridized carbons (Fsp3) is 0.167. The van der Waals surface area contributed by atoms with Gasteiger partial charge in [0.25, 0.3) is 5.91 Å². The summed E-state index contributed by atoms with van der Waals surface area (Å²) in [5.41, 5.74) is 5.07. The summed E-state index contributed by atoms with van der Waals surface area (Å²) in [6, 6.07) is 20.6. The van der Waals surface area contributed by atoms with Crippen molar-refractivity contribution in [3.8, 4) is 0 Å². The number of carbonyl (C=O) groups excluding carboxylic acids is 2. The zero-order chi connectivity index (χ0) is 27.7. The van der Waals surface area contributed by atoms with Crippen LogP contribution in [-0.2, 0) is 16.1 Å². The van der Waals surface area contributed by atoms with Gasteiger partial charge in [-0.05, 0) is 73.6 Å². The number of aromatic nitrogens is 1. The standard InChI is InChI=1S/C30H25Cl2N3O3S/c1-4-34-28(36)27(39-30(34)33-21-9-7-8-20(15-21)29(37)38-3)16-23-18(2)35(26-11-6-5-10-22(23)26)17-19-12-13-24(31)25(32)14-19/h5-16H,4,17H2,1-3H3. The van der Waals surface area contributed by atoms with Crippen LogP contribution in [0.15, 0.2) is 76.6 Å². The molecule has 0 spiro atoms. The lowest BCUT2D eigenvalue weighted by molar-refractivity contribution is -0.122. The fourth-order valence-electron chi connectivity index (χ4n) is 4.60. The average Bonchev–Trinajstić information content (AvgIpc) is 3.38. The number of hydrogen-bond acceptors (Lipinski definition) is 5. The topological polar surface area (TPSA) is 63.9 Å². The Morgan fingerprint density at radius 3 is 2.59 bits per heavy atom. The quantitative estimate of drug-likeness (QED) is 0.174. The lowest BCUT2D eigenvalue weighted by Gasteiger charge is -2.12. The molecule has 0 N–H and O–H groups in total. The van der Waals surface area contributed by atoms with Gasteiger partial charge in [-0.1, -0.05) is 53.5 Å². The smallest absolute Gasteiger partial charge is 0.337 e. The molecular formula is C30H25Cl2N3O3S. The second-order valence-corrected chi connectivity index (χ2v) is 10.8. The van der Waals surface area contributed by atoms with Gasteiger partial charge >= 0.3 is 5.97 Å². The van der Waals surface area contributed by atoms with Crippen LogP contribution in [0.25, 0.3) is 17.0 Å². The van der Waals surface area contributed by atoms with Crippen LogP contribution in [0.1, 0.15) is 34.1 Å². The van der Waals surface area contributed by atoms with E-state index in [1.807, 2.05) is 37.3 Å². The number of rotatable bonds is 6. The number of carbonyl (C=O) groups is 2. The number of nitrogens with zero attached hydrogens (tertiary/aromatic N) is 3. The summed E-state index contributed by atoms with van der Waals surface area (Å²) >= 11 is 13.7. The van der Waals surface area contributed by atoms with Crippen LogP contribution in [-0.4, -0.2) is 40.2 Å². The van der Waals surface area contributed by atoms with Crippen molar-refractivity contribution >= 4 is 74.7 Å². The van der Waals surface area contributed by atoms with Crippen LogP contribution in [0.5, 0.6) is 0 Å². The fourth-order valence-corrected chi connectivity index (χ4v) is 5.96. The number of amidine groups is 1. The van der Waals surface area contributed by atoms with Crippen LogP contribution >= 0.6 is 35.0 Å². The predicted molar refractivity (Wildman–Crippen MR) is 160 cm³/mol. The summed E-state index contributed by atoms with van der Waals surface area (Å²) in [6.45, 7) is 5.05. The summed E-state index contributed by atoms with van der Waals surface area (Å²) in [4.78, 5) is 32.3. The number of likely N-dealkylation sites (N-methyl/N-ethyl adjacent to an activating group) is 1. The van der Waals surface area contributed by atoms with E-state index < -0.39 is 5.97 Å². The van der Waals surface area contributed by atoms with Crippen LogP contribution < -0.4 is 0 Å². The minimum atomic E-state index is -0.437. The van der Waals surface area contributed by atoms with Crippen LogP contribution in [0.3, 0.4) is 0 Å². The first kappa shape index (κ1) is 27.1. The van der Waals surface area contributed by atoms with E-state index in [9.17, 15) is 9.59 Å². The first-order valence-corrected chi connectivity index (χ1v) is 13.9. The van der Waals surface area contributed by atoms with Crippen LogP contribution in [0, 0.1) is 6.92 Å². The van der Waals surface area contributed by atoms with Crippen molar-refractivity contribution in [2.24, 2.45) is 4.99 Å². The molecule has 0 unspecified atom stereocenters. The van der Waals surface area contributed by atoms with Gasteiger partial charge in [-0.15, -0.1) is 0 Å². The third kappa shape index (κ3) is 5.35. The van der Waals surface area contributed by atoms with E-state index in [0.717, 1.165) is 27.7 Å². The molecule has 39 heavy (non-hydrogen) atoms. The predicted octanol–water partition coefficient (Wildman–Crippen LogP) is 7.72. The number of fused-ring (bicyclic) bond motifs is 1. The van der Waals surface area contributed by atoms with E-state index in [2.05, 4.69) is 23.6 Å². The van der Waals surface area contributed by atoms with Gasteiger partial charge in [0.15, 0.2) is 5.17 Å².